The number of hydrogen-bond donors (Lipinski definition) is 2. The Morgan fingerprint density at radius 2 is 1.84 bits per heavy atom. The summed E-state index contributed by atoms with van der Waals surface area (Å²) in [6.07, 6.45) is 0.438. The number of alkyl halides is 2. The number of para-hydroxylation sites is 1. The fraction of sp³-hybridized carbons (Fsp3) is 0.235. The fourth-order valence-corrected chi connectivity index (χ4v) is 2.08. The van der Waals surface area contributed by atoms with E-state index < -0.39 is 6.61 Å². The molecule has 0 aliphatic rings. The van der Waals surface area contributed by atoms with Crippen molar-refractivity contribution < 1.29 is 18.3 Å². The van der Waals surface area contributed by atoms with Crippen LogP contribution in [-0.4, -0.2) is 26.2 Å². The first-order valence-corrected chi connectivity index (χ1v) is 7.32. The van der Waals surface area contributed by atoms with Crippen molar-refractivity contribution in [2.45, 2.75) is 13.0 Å². The van der Waals surface area contributed by atoms with Crippen molar-refractivity contribution >= 4 is 35.6 Å². The zero-order chi connectivity index (χ0) is 17.4. The molecule has 0 unspecified atom stereocenters. The minimum Gasteiger partial charge on any atom is -0.497 e. The molecule has 2 aromatic rings. The third kappa shape index (κ3) is 7.12. The highest BCUT2D eigenvalue weighted by Gasteiger charge is 2.08. The molecule has 0 aromatic heterocycles. The molecule has 3 N–H and O–H groups in total. The molecule has 136 valence electrons. The van der Waals surface area contributed by atoms with Crippen LogP contribution in [0.1, 0.15) is 5.56 Å². The fourth-order valence-electron chi connectivity index (χ4n) is 2.08. The topological polar surface area (TPSA) is 68.9 Å². The van der Waals surface area contributed by atoms with Gasteiger partial charge in [-0.05, 0) is 42.3 Å². The van der Waals surface area contributed by atoms with E-state index in [0.717, 1.165) is 11.4 Å². The maximum Gasteiger partial charge on any atom is 0.387 e. The maximum absolute atomic E-state index is 12.4. The van der Waals surface area contributed by atoms with Gasteiger partial charge in [-0.3, -0.25) is 4.99 Å². The van der Waals surface area contributed by atoms with Crippen molar-refractivity contribution in [3.05, 3.63) is 54.1 Å². The predicted molar refractivity (Wildman–Crippen MR) is 105 cm³/mol. The third-order valence-electron chi connectivity index (χ3n) is 3.21. The van der Waals surface area contributed by atoms with Gasteiger partial charge in [0.05, 0.1) is 7.11 Å². The van der Waals surface area contributed by atoms with E-state index in [-0.39, 0.29) is 35.7 Å². The van der Waals surface area contributed by atoms with Crippen LogP contribution in [0.4, 0.5) is 14.5 Å². The molecule has 0 radical (unpaired) electrons. The number of anilines is 1. The molecule has 0 aliphatic heterocycles. The van der Waals surface area contributed by atoms with Crippen molar-refractivity contribution in [1.82, 2.24) is 0 Å². The van der Waals surface area contributed by atoms with Gasteiger partial charge in [0.2, 0.25) is 0 Å². The maximum atomic E-state index is 12.4. The van der Waals surface area contributed by atoms with Gasteiger partial charge >= 0.3 is 6.61 Å². The number of ether oxygens (including phenoxy) is 2. The zero-order valence-corrected chi connectivity index (χ0v) is 15.9. The quantitative estimate of drug-likeness (QED) is 0.372. The number of benzene rings is 2. The highest BCUT2D eigenvalue weighted by molar-refractivity contribution is 14.0. The first-order valence-electron chi connectivity index (χ1n) is 7.32. The first-order chi connectivity index (χ1) is 11.6. The lowest BCUT2D eigenvalue weighted by Crippen LogP contribution is -2.23. The Balaban J connectivity index is 0.00000312. The summed E-state index contributed by atoms with van der Waals surface area (Å²) in [5.41, 5.74) is 7.24. The molecular formula is C17H20F2IN3O2. The number of aliphatic imine (C=N–C) groups is 1. The van der Waals surface area contributed by atoms with Crippen LogP contribution in [0.3, 0.4) is 0 Å². The van der Waals surface area contributed by atoms with Gasteiger partial charge < -0.3 is 20.5 Å². The van der Waals surface area contributed by atoms with Crippen LogP contribution < -0.4 is 20.5 Å². The molecule has 0 heterocycles. The summed E-state index contributed by atoms with van der Waals surface area (Å²) in [4.78, 5) is 4.19. The average Bonchev–Trinajstić information content (AvgIpc) is 2.56. The molecule has 0 amide bonds. The van der Waals surface area contributed by atoms with E-state index in [1.165, 1.54) is 6.07 Å². The summed E-state index contributed by atoms with van der Waals surface area (Å²) in [5.74, 6) is 1.14. The van der Waals surface area contributed by atoms with Crippen LogP contribution in [0.25, 0.3) is 0 Å². The van der Waals surface area contributed by atoms with Crippen LogP contribution in [0.2, 0.25) is 0 Å². The third-order valence-corrected chi connectivity index (χ3v) is 3.21. The second-order valence-electron chi connectivity index (χ2n) is 4.86. The second kappa shape index (κ2) is 10.7. The van der Waals surface area contributed by atoms with Gasteiger partial charge in [0.1, 0.15) is 11.5 Å². The smallest absolute Gasteiger partial charge is 0.387 e. The summed E-state index contributed by atoms with van der Waals surface area (Å²) in [7, 11) is 1.59. The van der Waals surface area contributed by atoms with Crippen molar-refractivity contribution in [2.24, 2.45) is 10.7 Å². The molecule has 0 spiro atoms. The number of guanidine groups is 1. The largest absolute Gasteiger partial charge is 0.497 e. The molecule has 0 saturated heterocycles. The number of hydrogen-bond acceptors (Lipinski definition) is 3. The minimum absolute atomic E-state index is 0. The number of nitrogens with one attached hydrogen (secondary N) is 1. The molecule has 2 aromatic carbocycles. The summed E-state index contributed by atoms with van der Waals surface area (Å²) in [6.45, 7) is -2.50. The Morgan fingerprint density at radius 3 is 2.48 bits per heavy atom. The monoisotopic (exact) mass is 463 g/mol. The van der Waals surface area contributed by atoms with Crippen molar-refractivity contribution in [1.29, 1.82) is 0 Å². The molecule has 5 nitrogen and oxygen atoms in total. The van der Waals surface area contributed by atoms with Crippen LogP contribution >= 0.6 is 24.0 Å². The lowest BCUT2D eigenvalue weighted by molar-refractivity contribution is -0.0504. The molecular weight excluding hydrogens is 443 g/mol. The SMILES string of the molecule is COc1ccc(NC(N)=NCCc2ccccc2OC(F)F)cc1.I. The van der Waals surface area contributed by atoms with Crippen LogP contribution in [0, 0.1) is 0 Å². The minimum atomic E-state index is -2.85. The van der Waals surface area contributed by atoms with E-state index in [1.807, 2.05) is 12.1 Å². The van der Waals surface area contributed by atoms with Crippen LogP contribution in [0.5, 0.6) is 11.5 Å². The summed E-state index contributed by atoms with van der Waals surface area (Å²) in [6, 6.07) is 13.9. The van der Waals surface area contributed by atoms with Gasteiger partial charge in [0.25, 0.3) is 0 Å². The Kier molecular flexibility index (Phi) is 8.96. The number of nitrogens with two attached hydrogens (primary N) is 1. The van der Waals surface area contributed by atoms with E-state index in [2.05, 4.69) is 15.0 Å². The van der Waals surface area contributed by atoms with Gasteiger partial charge in [-0.15, -0.1) is 24.0 Å². The average molecular weight is 463 g/mol. The molecule has 0 atom stereocenters. The number of methoxy groups -OCH3 is 1. The molecule has 25 heavy (non-hydrogen) atoms. The Labute approximate surface area is 162 Å². The van der Waals surface area contributed by atoms with Gasteiger partial charge in [-0.25, -0.2) is 0 Å². The van der Waals surface area contributed by atoms with Gasteiger partial charge in [-0.1, -0.05) is 18.2 Å². The lowest BCUT2D eigenvalue weighted by atomic mass is 10.1. The van der Waals surface area contributed by atoms with E-state index in [4.69, 9.17) is 10.5 Å². The van der Waals surface area contributed by atoms with Gasteiger partial charge in [0.15, 0.2) is 5.96 Å². The standard InChI is InChI=1S/C17H19F2N3O2.HI/c1-23-14-8-6-13(7-9-14)22-17(20)21-11-10-12-4-2-3-5-15(12)24-16(18)19;/h2-9,16H,10-11H2,1H3,(H3,20,21,22);1H. The predicted octanol–water partition coefficient (Wildman–Crippen LogP) is 3.88. The molecule has 0 fully saturated rings. The summed E-state index contributed by atoms with van der Waals surface area (Å²) in [5, 5.41) is 2.95. The lowest BCUT2D eigenvalue weighted by Gasteiger charge is -2.10. The highest BCUT2D eigenvalue weighted by atomic mass is 127. The van der Waals surface area contributed by atoms with Crippen LogP contribution in [0.15, 0.2) is 53.5 Å². The Hall–Kier alpha value is -2.10. The Bertz CT molecular complexity index is 682. The number of halogens is 3. The number of rotatable bonds is 7. The molecule has 2 rings (SSSR count). The second-order valence-corrected chi connectivity index (χ2v) is 4.86. The highest BCUT2D eigenvalue weighted by Crippen LogP contribution is 2.20. The number of nitrogens with zero attached hydrogens (tertiary/aromatic N) is 1. The molecule has 8 heteroatoms. The zero-order valence-electron chi connectivity index (χ0n) is 13.6. The van der Waals surface area contributed by atoms with Crippen molar-refractivity contribution in [3.63, 3.8) is 0 Å². The van der Waals surface area contributed by atoms with Gasteiger partial charge in [-0.2, -0.15) is 8.78 Å². The van der Waals surface area contributed by atoms with Crippen molar-refractivity contribution in [3.8, 4) is 11.5 Å². The molecule has 0 saturated carbocycles. The Morgan fingerprint density at radius 1 is 1.16 bits per heavy atom. The summed E-state index contributed by atoms with van der Waals surface area (Å²) >= 11 is 0. The van der Waals surface area contributed by atoms with E-state index >= 15 is 0 Å². The van der Waals surface area contributed by atoms with E-state index in [1.54, 1.807) is 37.4 Å². The first kappa shape index (κ1) is 20.9. The van der Waals surface area contributed by atoms with E-state index in [0.29, 0.717) is 18.5 Å². The van der Waals surface area contributed by atoms with E-state index in [9.17, 15) is 8.78 Å². The molecule has 0 bridgehead atoms. The van der Waals surface area contributed by atoms with Gasteiger partial charge in [0, 0.05) is 12.2 Å². The van der Waals surface area contributed by atoms with Crippen molar-refractivity contribution in [2.75, 3.05) is 19.0 Å². The molecule has 0 aliphatic carbocycles. The summed E-state index contributed by atoms with van der Waals surface area (Å²) < 4.78 is 34.3. The normalized spacial score (nSPS) is 11.0. The van der Waals surface area contributed by atoms with Crippen LogP contribution in [-0.2, 0) is 6.42 Å².